The van der Waals surface area contributed by atoms with Gasteiger partial charge in [-0.15, -0.1) is 11.6 Å². The molecule has 0 saturated carbocycles. The number of aliphatic hydroxyl groups excluding tert-OH is 1. The first kappa shape index (κ1) is 13.2. The molecule has 19 heavy (non-hydrogen) atoms. The van der Waals surface area contributed by atoms with E-state index in [1.807, 2.05) is 10.6 Å². The van der Waals surface area contributed by atoms with Crippen molar-refractivity contribution in [2.45, 2.75) is 25.0 Å². The van der Waals surface area contributed by atoms with Crippen LogP contribution in [0.2, 0.25) is 0 Å². The van der Waals surface area contributed by atoms with E-state index in [1.54, 1.807) is 6.07 Å². The molecule has 0 aromatic carbocycles. The molecule has 3 atom stereocenters. The van der Waals surface area contributed by atoms with Crippen LogP contribution in [0.4, 0.5) is 0 Å². The summed E-state index contributed by atoms with van der Waals surface area (Å²) >= 11 is 5.67. The van der Waals surface area contributed by atoms with Crippen molar-refractivity contribution in [3.63, 3.8) is 0 Å². The Bertz CT molecular complexity index is 516. The number of hydrogen-bond acceptors (Lipinski definition) is 3. The van der Waals surface area contributed by atoms with Crippen molar-refractivity contribution in [1.29, 1.82) is 0 Å². The number of piperidine rings is 1. The second-order valence-electron chi connectivity index (χ2n) is 5.72. The summed E-state index contributed by atoms with van der Waals surface area (Å²) < 4.78 is 1.92. The van der Waals surface area contributed by atoms with Gasteiger partial charge >= 0.3 is 0 Å². The summed E-state index contributed by atoms with van der Waals surface area (Å²) in [5.74, 6) is 1.19. The van der Waals surface area contributed by atoms with Gasteiger partial charge in [-0.25, -0.2) is 0 Å². The fourth-order valence-corrected chi connectivity index (χ4v) is 3.59. The Morgan fingerprint density at radius 2 is 2.21 bits per heavy atom. The highest BCUT2D eigenvalue weighted by atomic mass is 35.5. The molecule has 3 heterocycles. The summed E-state index contributed by atoms with van der Waals surface area (Å²) in [6.07, 6.45) is 0.690. The average molecular weight is 283 g/mol. The van der Waals surface area contributed by atoms with Crippen molar-refractivity contribution in [1.82, 2.24) is 9.47 Å². The molecule has 2 aliphatic rings. The number of aliphatic hydroxyl groups is 1. The molecule has 2 aliphatic heterocycles. The first-order chi connectivity index (χ1) is 9.17. The molecule has 0 amide bonds. The second-order valence-corrected chi connectivity index (χ2v) is 6.03. The maximum atomic E-state index is 11.9. The lowest BCUT2D eigenvalue weighted by Crippen LogP contribution is -2.49. The number of pyridine rings is 1. The van der Waals surface area contributed by atoms with Crippen LogP contribution in [0.5, 0.6) is 0 Å². The lowest BCUT2D eigenvalue weighted by Gasteiger charge is -2.43. The predicted molar refractivity (Wildman–Crippen MR) is 74.7 cm³/mol. The molecule has 104 valence electrons. The third-order valence-corrected chi connectivity index (χ3v) is 4.56. The van der Waals surface area contributed by atoms with Crippen LogP contribution in [0, 0.1) is 5.92 Å². The molecule has 3 rings (SSSR count). The lowest BCUT2D eigenvalue weighted by atomic mass is 9.83. The predicted octanol–water partition coefficient (Wildman–Crippen LogP) is 0.867. The van der Waals surface area contributed by atoms with Gasteiger partial charge in [0, 0.05) is 49.7 Å². The second kappa shape index (κ2) is 5.27. The molecule has 2 bridgehead atoms. The van der Waals surface area contributed by atoms with E-state index in [2.05, 4.69) is 11.0 Å². The van der Waals surface area contributed by atoms with E-state index in [1.165, 1.54) is 0 Å². The summed E-state index contributed by atoms with van der Waals surface area (Å²) in [6, 6.07) is 5.55. The number of likely N-dealkylation sites (tertiary alicyclic amines) is 1. The van der Waals surface area contributed by atoms with E-state index < -0.39 is 6.10 Å². The van der Waals surface area contributed by atoms with Gasteiger partial charge in [0.25, 0.3) is 5.56 Å². The SMILES string of the molecule is O=c1cccc2n1C[C@@H]1C[C@H]2CN(CC(O)CCl)C1. The smallest absolute Gasteiger partial charge is 0.250 e. The van der Waals surface area contributed by atoms with Crippen LogP contribution >= 0.6 is 11.6 Å². The minimum atomic E-state index is -0.460. The van der Waals surface area contributed by atoms with Crippen molar-refractivity contribution < 1.29 is 5.11 Å². The van der Waals surface area contributed by atoms with Crippen molar-refractivity contribution in [2.24, 2.45) is 5.92 Å². The summed E-state index contributed by atoms with van der Waals surface area (Å²) in [7, 11) is 0. The van der Waals surface area contributed by atoms with E-state index in [9.17, 15) is 9.90 Å². The van der Waals surface area contributed by atoms with Crippen LogP contribution in [0.15, 0.2) is 23.0 Å². The first-order valence-corrected chi connectivity index (χ1v) is 7.37. The quantitative estimate of drug-likeness (QED) is 0.837. The number of rotatable bonds is 3. The highest BCUT2D eigenvalue weighted by Gasteiger charge is 2.34. The Balaban J connectivity index is 1.82. The maximum absolute atomic E-state index is 11.9. The molecule has 4 nitrogen and oxygen atoms in total. The highest BCUT2D eigenvalue weighted by Crippen LogP contribution is 2.34. The summed E-state index contributed by atoms with van der Waals surface area (Å²) in [5.41, 5.74) is 1.26. The van der Waals surface area contributed by atoms with Crippen molar-refractivity contribution in [2.75, 3.05) is 25.5 Å². The molecular formula is C14H19ClN2O2. The first-order valence-electron chi connectivity index (χ1n) is 6.83. The molecule has 1 aromatic heterocycles. The monoisotopic (exact) mass is 282 g/mol. The molecule has 1 N–H and O–H groups in total. The van der Waals surface area contributed by atoms with E-state index >= 15 is 0 Å². The molecule has 1 fully saturated rings. The van der Waals surface area contributed by atoms with Gasteiger partial charge in [0.05, 0.1) is 6.10 Å². The summed E-state index contributed by atoms with van der Waals surface area (Å²) in [6.45, 7) is 3.30. The highest BCUT2D eigenvalue weighted by molar-refractivity contribution is 6.18. The van der Waals surface area contributed by atoms with Crippen LogP contribution in [-0.4, -0.2) is 46.2 Å². The Morgan fingerprint density at radius 3 is 3.00 bits per heavy atom. The zero-order valence-corrected chi connectivity index (χ0v) is 11.6. The molecule has 1 saturated heterocycles. The number of fused-ring (bicyclic) bond motifs is 4. The van der Waals surface area contributed by atoms with E-state index in [-0.39, 0.29) is 11.4 Å². The third kappa shape index (κ3) is 2.57. The number of nitrogens with zero attached hydrogens (tertiary/aromatic N) is 2. The zero-order chi connectivity index (χ0) is 13.4. The fraction of sp³-hybridized carbons (Fsp3) is 0.643. The van der Waals surface area contributed by atoms with Gasteiger partial charge in [-0.05, 0) is 18.4 Å². The Morgan fingerprint density at radius 1 is 1.37 bits per heavy atom. The van der Waals surface area contributed by atoms with Gasteiger partial charge < -0.3 is 9.67 Å². The number of halogens is 1. The molecule has 5 heteroatoms. The number of alkyl halides is 1. The third-order valence-electron chi connectivity index (χ3n) is 4.20. The molecule has 1 aromatic rings. The molecule has 0 radical (unpaired) electrons. The van der Waals surface area contributed by atoms with E-state index in [4.69, 9.17) is 11.6 Å². The van der Waals surface area contributed by atoms with Gasteiger partial charge in [0.2, 0.25) is 0 Å². The van der Waals surface area contributed by atoms with Crippen LogP contribution in [0.1, 0.15) is 18.0 Å². The van der Waals surface area contributed by atoms with Gasteiger partial charge in [0.15, 0.2) is 0 Å². The fourth-order valence-electron chi connectivity index (χ4n) is 3.49. The van der Waals surface area contributed by atoms with Crippen LogP contribution in [0.3, 0.4) is 0 Å². The van der Waals surface area contributed by atoms with E-state index in [0.717, 1.165) is 31.7 Å². The zero-order valence-electron chi connectivity index (χ0n) is 10.8. The van der Waals surface area contributed by atoms with Crippen molar-refractivity contribution >= 4 is 11.6 Å². The minimum absolute atomic E-state index is 0.112. The van der Waals surface area contributed by atoms with Gasteiger partial charge in [-0.3, -0.25) is 9.69 Å². The Hall–Kier alpha value is -0.840. The molecule has 0 spiro atoms. The van der Waals surface area contributed by atoms with Gasteiger partial charge in [-0.2, -0.15) is 0 Å². The average Bonchev–Trinajstić information content (AvgIpc) is 2.40. The standard InChI is InChI=1S/C14H19ClN2O2/c15-5-12(18)9-16-6-10-4-11(8-16)13-2-1-3-14(19)17(13)7-10/h1-3,10-12,18H,4-9H2/t10-,11+,12?/m1/s1. The van der Waals surface area contributed by atoms with Crippen LogP contribution in [-0.2, 0) is 6.54 Å². The normalized spacial score (nSPS) is 27.9. The van der Waals surface area contributed by atoms with E-state index in [0.29, 0.717) is 18.4 Å². The van der Waals surface area contributed by atoms with Crippen molar-refractivity contribution in [3.8, 4) is 0 Å². The summed E-state index contributed by atoms with van der Waals surface area (Å²) in [4.78, 5) is 14.2. The van der Waals surface area contributed by atoms with Crippen LogP contribution < -0.4 is 5.56 Å². The lowest BCUT2D eigenvalue weighted by molar-refractivity contribution is 0.0712. The molecule has 1 unspecified atom stereocenters. The number of aromatic nitrogens is 1. The minimum Gasteiger partial charge on any atom is -0.391 e. The molecular weight excluding hydrogens is 264 g/mol. The van der Waals surface area contributed by atoms with Gasteiger partial charge in [0.1, 0.15) is 0 Å². The topological polar surface area (TPSA) is 45.5 Å². The van der Waals surface area contributed by atoms with Crippen molar-refractivity contribution in [3.05, 3.63) is 34.2 Å². The number of hydrogen-bond donors (Lipinski definition) is 1. The molecule has 0 aliphatic carbocycles. The largest absolute Gasteiger partial charge is 0.391 e. The van der Waals surface area contributed by atoms with Crippen LogP contribution in [0.25, 0.3) is 0 Å². The maximum Gasteiger partial charge on any atom is 0.250 e. The Kier molecular flexibility index (Phi) is 3.65. The van der Waals surface area contributed by atoms with Gasteiger partial charge in [-0.1, -0.05) is 6.07 Å². The summed E-state index contributed by atoms with van der Waals surface area (Å²) in [5, 5.41) is 9.68. The Labute approximate surface area is 117 Å². The number of β-amino-alcohol motifs (C(OH)–C–C–N with tert-alkyl or cyclic N) is 1.